The monoisotopic (exact) mass is 375 g/mol. The number of rotatable bonds is 7. The van der Waals surface area contributed by atoms with Crippen LogP contribution in [0.15, 0.2) is 42.5 Å². The van der Waals surface area contributed by atoms with Crippen LogP contribution in [-0.4, -0.2) is 31.8 Å². The fourth-order valence-corrected chi connectivity index (χ4v) is 2.77. The minimum absolute atomic E-state index is 0.0711. The van der Waals surface area contributed by atoms with E-state index in [1.54, 1.807) is 30.3 Å². The molecule has 26 heavy (non-hydrogen) atoms. The zero-order chi connectivity index (χ0) is 18.4. The highest BCUT2D eigenvalue weighted by Gasteiger charge is 2.15. The van der Waals surface area contributed by atoms with Crippen LogP contribution >= 0.6 is 11.6 Å². The van der Waals surface area contributed by atoms with Crippen LogP contribution in [0.3, 0.4) is 0 Å². The van der Waals surface area contributed by atoms with Gasteiger partial charge in [0, 0.05) is 17.3 Å². The molecular formula is C20H22ClNO4. The van der Waals surface area contributed by atoms with Crippen LogP contribution in [0.1, 0.15) is 18.4 Å². The van der Waals surface area contributed by atoms with Gasteiger partial charge >= 0.3 is 0 Å². The third-order valence-corrected chi connectivity index (χ3v) is 4.52. The zero-order valence-electron chi connectivity index (χ0n) is 14.7. The van der Waals surface area contributed by atoms with E-state index in [1.165, 1.54) is 0 Å². The second-order valence-corrected chi connectivity index (χ2v) is 6.63. The molecule has 1 fully saturated rings. The summed E-state index contributed by atoms with van der Waals surface area (Å²) in [6, 6.07) is 12.5. The van der Waals surface area contributed by atoms with Crippen LogP contribution in [0, 0.1) is 6.92 Å². The van der Waals surface area contributed by atoms with Gasteiger partial charge in [-0.05, 0) is 67.8 Å². The Hall–Kier alpha value is -2.24. The molecule has 2 aromatic carbocycles. The number of benzene rings is 2. The summed E-state index contributed by atoms with van der Waals surface area (Å²) in [5.41, 5.74) is 1.60. The van der Waals surface area contributed by atoms with E-state index in [1.807, 2.05) is 19.1 Å². The molecule has 3 rings (SSSR count). The topological polar surface area (TPSA) is 56.8 Å². The van der Waals surface area contributed by atoms with Crippen LogP contribution in [0.4, 0.5) is 5.69 Å². The van der Waals surface area contributed by atoms with Gasteiger partial charge in [-0.15, -0.1) is 0 Å². The Bertz CT molecular complexity index is 742. The van der Waals surface area contributed by atoms with Crippen molar-refractivity contribution in [3.05, 3.63) is 53.1 Å². The minimum atomic E-state index is -0.231. The number of carbonyl (C=O) groups excluding carboxylic acids is 1. The molecule has 1 N–H and O–H groups in total. The Morgan fingerprint density at radius 1 is 1.19 bits per heavy atom. The van der Waals surface area contributed by atoms with Crippen molar-refractivity contribution in [3.63, 3.8) is 0 Å². The molecule has 2 aromatic rings. The first-order chi connectivity index (χ1) is 12.6. The fourth-order valence-electron chi connectivity index (χ4n) is 2.65. The van der Waals surface area contributed by atoms with Crippen molar-refractivity contribution in [2.75, 3.05) is 25.1 Å². The molecule has 0 spiro atoms. The van der Waals surface area contributed by atoms with Crippen molar-refractivity contribution < 1.29 is 19.0 Å². The first kappa shape index (κ1) is 18.5. The first-order valence-corrected chi connectivity index (χ1v) is 9.01. The third-order valence-electron chi connectivity index (χ3n) is 4.10. The second-order valence-electron chi connectivity index (χ2n) is 6.22. The van der Waals surface area contributed by atoms with Crippen molar-refractivity contribution in [2.45, 2.75) is 25.9 Å². The quantitative estimate of drug-likeness (QED) is 0.787. The van der Waals surface area contributed by atoms with Gasteiger partial charge in [0.25, 0.3) is 5.91 Å². The summed E-state index contributed by atoms with van der Waals surface area (Å²) >= 11 is 5.97. The third kappa shape index (κ3) is 5.38. The molecule has 138 valence electrons. The number of carbonyl (C=O) groups is 1. The molecule has 5 nitrogen and oxygen atoms in total. The molecule has 1 atom stereocenters. The van der Waals surface area contributed by atoms with Gasteiger partial charge in [0.15, 0.2) is 6.61 Å². The Labute approximate surface area is 158 Å². The maximum Gasteiger partial charge on any atom is 0.262 e. The van der Waals surface area contributed by atoms with E-state index in [4.69, 9.17) is 25.8 Å². The molecule has 6 heteroatoms. The van der Waals surface area contributed by atoms with Crippen molar-refractivity contribution in [2.24, 2.45) is 0 Å². The summed E-state index contributed by atoms with van der Waals surface area (Å²) in [6.45, 7) is 3.19. The molecule has 1 aliphatic rings. The fraction of sp³-hybridized carbons (Fsp3) is 0.350. The van der Waals surface area contributed by atoms with Gasteiger partial charge in [-0.1, -0.05) is 11.6 Å². The summed E-state index contributed by atoms with van der Waals surface area (Å²) in [5, 5.41) is 3.46. The standard InChI is InChI=1S/C20H22ClNO4/c1-14-11-17(8-9-19(14)21)26-13-20(23)22-15-4-6-16(7-5-15)25-12-18-3-2-10-24-18/h4-9,11,18H,2-3,10,12-13H2,1H3,(H,22,23). The van der Waals surface area contributed by atoms with Gasteiger partial charge < -0.3 is 19.5 Å². The van der Waals surface area contributed by atoms with E-state index in [2.05, 4.69) is 5.32 Å². The lowest BCUT2D eigenvalue weighted by Crippen LogP contribution is -2.20. The second kappa shape index (κ2) is 8.92. The number of hydrogen-bond donors (Lipinski definition) is 1. The molecule has 0 aliphatic carbocycles. The van der Waals surface area contributed by atoms with E-state index in [0.29, 0.717) is 23.1 Å². The molecular weight excluding hydrogens is 354 g/mol. The van der Waals surface area contributed by atoms with Gasteiger partial charge in [-0.25, -0.2) is 0 Å². The highest BCUT2D eigenvalue weighted by Crippen LogP contribution is 2.21. The Balaban J connectivity index is 1.44. The average molecular weight is 376 g/mol. The first-order valence-electron chi connectivity index (χ1n) is 8.63. The van der Waals surface area contributed by atoms with Crippen LogP contribution in [0.5, 0.6) is 11.5 Å². The maximum atomic E-state index is 12.0. The smallest absolute Gasteiger partial charge is 0.262 e. The summed E-state index contributed by atoms with van der Waals surface area (Å²) in [4.78, 5) is 12.0. The molecule has 1 heterocycles. The molecule has 0 saturated carbocycles. The molecule has 0 bridgehead atoms. The van der Waals surface area contributed by atoms with Crippen molar-refractivity contribution in [1.82, 2.24) is 0 Å². The highest BCUT2D eigenvalue weighted by molar-refractivity contribution is 6.31. The number of hydrogen-bond acceptors (Lipinski definition) is 4. The van der Waals surface area contributed by atoms with Gasteiger partial charge in [0.1, 0.15) is 18.1 Å². The number of amides is 1. The van der Waals surface area contributed by atoms with Crippen LogP contribution in [0.2, 0.25) is 5.02 Å². The van der Waals surface area contributed by atoms with Crippen molar-refractivity contribution in [3.8, 4) is 11.5 Å². The van der Waals surface area contributed by atoms with Gasteiger partial charge in [-0.2, -0.15) is 0 Å². The molecule has 1 amide bonds. The van der Waals surface area contributed by atoms with Gasteiger partial charge in [0.05, 0.1) is 6.10 Å². The van der Waals surface area contributed by atoms with Crippen LogP contribution < -0.4 is 14.8 Å². The predicted octanol–water partition coefficient (Wildman–Crippen LogP) is 4.22. The minimum Gasteiger partial charge on any atom is -0.491 e. The number of anilines is 1. The average Bonchev–Trinajstić information content (AvgIpc) is 3.16. The van der Waals surface area contributed by atoms with E-state index < -0.39 is 0 Å². The lowest BCUT2D eigenvalue weighted by Gasteiger charge is -2.12. The van der Waals surface area contributed by atoms with Crippen LogP contribution in [0.25, 0.3) is 0 Å². The van der Waals surface area contributed by atoms with Crippen LogP contribution in [-0.2, 0) is 9.53 Å². The molecule has 1 saturated heterocycles. The van der Waals surface area contributed by atoms with E-state index in [-0.39, 0.29) is 18.6 Å². The summed E-state index contributed by atoms with van der Waals surface area (Å²) < 4.78 is 16.7. The van der Waals surface area contributed by atoms with E-state index in [0.717, 1.165) is 30.8 Å². The SMILES string of the molecule is Cc1cc(OCC(=O)Nc2ccc(OCC3CCCO3)cc2)ccc1Cl. The Morgan fingerprint density at radius 2 is 1.96 bits per heavy atom. The lowest BCUT2D eigenvalue weighted by atomic mass is 10.2. The zero-order valence-corrected chi connectivity index (χ0v) is 15.4. The molecule has 1 aliphatic heterocycles. The number of halogens is 1. The summed E-state index contributed by atoms with van der Waals surface area (Å²) in [6.07, 6.45) is 2.32. The number of ether oxygens (including phenoxy) is 3. The number of nitrogens with one attached hydrogen (secondary N) is 1. The predicted molar refractivity (Wildman–Crippen MR) is 101 cm³/mol. The van der Waals surface area contributed by atoms with Crippen molar-refractivity contribution >= 4 is 23.2 Å². The highest BCUT2D eigenvalue weighted by atomic mass is 35.5. The maximum absolute atomic E-state index is 12.0. The largest absolute Gasteiger partial charge is 0.491 e. The van der Waals surface area contributed by atoms with Crippen molar-refractivity contribution in [1.29, 1.82) is 0 Å². The summed E-state index contributed by atoms with van der Waals surface area (Å²) in [7, 11) is 0. The Kier molecular flexibility index (Phi) is 6.36. The summed E-state index contributed by atoms with van der Waals surface area (Å²) in [5.74, 6) is 1.14. The van der Waals surface area contributed by atoms with E-state index >= 15 is 0 Å². The normalized spacial score (nSPS) is 16.3. The molecule has 0 radical (unpaired) electrons. The van der Waals surface area contributed by atoms with E-state index in [9.17, 15) is 4.79 Å². The Morgan fingerprint density at radius 3 is 2.65 bits per heavy atom. The molecule has 1 unspecified atom stereocenters. The molecule has 0 aromatic heterocycles. The lowest BCUT2D eigenvalue weighted by molar-refractivity contribution is -0.118. The number of aryl methyl sites for hydroxylation is 1. The van der Waals surface area contributed by atoms with Gasteiger partial charge in [-0.3, -0.25) is 4.79 Å². The van der Waals surface area contributed by atoms with Gasteiger partial charge in [0.2, 0.25) is 0 Å².